The van der Waals surface area contributed by atoms with E-state index in [0.717, 1.165) is 32.0 Å². The van der Waals surface area contributed by atoms with Gasteiger partial charge in [0.25, 0.3) is 0 Å². The summed E-state index contributed by atoms with van der Waals surface area (Å²) >= 11 is 0. The van der Waals surface area contributed by atoms with Crippen LogP contribution in [-0.2, 0) is 6.54 Å². The van der Waals surface area contributed by atoms with Gasteiger partial charge in [-0.2, -0.15) is 5.26 Å². The van der Waals surface area contributed by atoms with Crippen molar-refractivity contribution in [3.8, 4) is 6.07 Å². The third-order valence-corrected chi connectivity index (χ3v) is 4.67. The first kappa shape index (κ1) is 21.2. The molecule has 1 atom stereocenters. The van der Waals surface area contributed by atoms with Crippen molar-refractivity contribution in [2.45, 2.75) is 25.8 Å². The molecule has 3 rings (SSSR count). The number of nitrogens with one attached hydrogen (secondary N) is 1. The maximum absolute atomic E-state index is 14.0. The Labute approximate surface area is 177 Å². The van der Waals surface area contributed by atoms with Crippen molar-refractivity contribution < 1.29 is 4.39 Å². The zero-order valence-electron chi connectivity index (χ0n) is 15.4. The maximum Gasteiger partial charge on any atom is 0.194 e. The molecule has 1 aliphatic rings. The van der Waals surface area contributed by atoms with Gasteiger partial charge in [-0.25, -0.2) is 9.38 Å². The van der Waals surface area contributed by atoms with Crippen LogP contribution in [0.5, 0.6) is 0 Å². The van der Waals surface area contributed by atoms with E-state index in [1.54, 1.807) is 6.07 Å². The Morgan fingerprint density at radius 1 is 1.30 bits per heavy atom. The molecular weight excluding hydrogens is 454 g/mol. The highest BCUT2D eigenvalue weighted by Gasteiger charge is 2.25. The van der Waals surface area contributed by atoms with Gasteiger partial charge in [-0.15, -0.1) is 24.0 Å². The SMILES string of the molecule is CCNC(=NCc1cc(C#N)ccc1F)N1CCC(c2ccccc2)C1.I. The second kappa shape index (κ2) is 10.3. The van der Waals surface area contributed by atoms with E-state index in [2.05, 4.69) is 39.5 Å². The molecule has 6 heteroatoms. The fourth-order valence-corrected chi connectivity index (χ4v) is 3.30. The zero-order valence-corrected chi connectivity index (χ0v) is 17.7. The summed E-state index contributed by atoms with van der Waals surface area (Å²) in [5.74, 6) is 0.957. The Morgan fingerprint density at radius 3 is 2.78 bits per heavy atom. The van der Waals surface area contributed by atoms with Gasteiger partial charge in [0.05, 0.1) is 18.2 Å². The first-order valence-electron chi connectivity index (χ1n) is 8.98. The van der Waals surface area contributed by atoms with E-state index in [9.17, 15) is 4.39 Å². The molecule has 1 aliphatic heterocycles. The monoisotopic (exact) mass is 478 g/mol. The van der Waals surface area contributed by atoms with E-state index < -0.39 is 0 Å². The molecule has 142 valence electrons. The summed E-state index contributed by atoms with van der Waals surface area (Å²) in [6.07, 6.45) is 1.08. The van der Waals surface area contributed by atoms with Gasteiger partial charge in [0.15, 0.2) is 5.96 Å². The molecule has 0 radical (unpaired) electrons. The molecule has 2 aromatic rings. The second-order valence-corrected chi connectivity index (χ2v) is 6.43. The summed E-state index contributed by atoms with van der Waals surface area (Å²) < 4.78 is 14.0. The van der Waals surface area contributed by atoms with E-state index in [0.29, 0.717) is 17.0 Å². The molecule has 27 heavy (non-hydrogen) atoms. The van der Waals surface area contributed by atoms with Gasteiger partial charge in [0, 0.05) is 31.1 Å². The highest BCUT2D eigenvalue weighted by molar-refractivity contribution is 14.0. The van der Waals surface area contributed by atoms with Crippen molar-refractivity contribution in [2.24, 2.45) is 4.99 Å². The standard InChI is InChI=1S/C21H23FN4.HI/c1-2-24-21(25-14-19-12-16(13-23)8-9-20(19)22)26-11-10-18(15-26)17-6-4-3-5-7-17;/h3-9,12,18H,2,10-11,14-15H2,1H3,(H,24,25);1H. The number of likely N-dealkylation sites (tertiary alicyclic amines) is 1. The number of aliphatic imine (C=N–C) groups is 1. The number of hydrogen-bond acceptors (Lipinski definition) is 2. The van der Waals surface area contributed by atoms with Crippen molar-refractivity contribution in [3.05, 3.63) is 71.0 Å². The molecule has 1 N–H and O–H groups in total. The fourth-order valence-electron chi connectivity index (χ4n) is 3.30. The lowest BCUT2D eigenvalue weighted by molar-refractivity contribution is 0.485. The third-order valence-electron chi connectivity index (χ3n) is 4.67. The molecule has 0 aromatic heterocycles. The van der Waals surface area contributed by atoms with Crippen LogP contribution in [0, 0.1) is 17.1 Å². The lowest BCUT2D eigenvalue weighted by Gasteiger charge is -2.22. The van der Waals surface area contributed by atoms with Crippen LogP contribution in [0.1, 0.15) is 36.0 Å². The Bertz CT molecular complexity index is 817. The Morgan fingerprint density at radius 2 is 2.07 bits per heavy atom. The molecule has 1 saturated heterocycles. The minimum Gasteiger partial charge on any atom is -0.357 e. The van der Waals surface area contributed by atoms with Crippen LogP contribution in [0.2, 0.25) is 0 Å². The van der Waals surface area contributed by atoms with Crippen LogP contribution >= 0.6 is 24.0 Å². The van der Waals surface area contributed by atoms with Gasteiger partial charge in [-0.3, -0.25) is 0 Å². The van der Waals surface area contributed by atoms with Crippen molar-refractivity contribution in [3.63, 3.8) is 0 Å². The Balaban J connectivity index is 0.00000261. The number of guanidine groups is 1. The molecular formula is C21H24FIN4. The molecule has 0 saturated carbocycles. The smallest absolute Gasteiger partial charge is 0.194 e. The number of rotatable bonds is 4. The molecule has 0 bridgehead atoms. The van der Waals surface area contributed by atoms with Crippen LogP contribution in [0.4, 0.5) is 4.39 Å². The topological polar surface area (TPSA) is 51.4 Å². The number of benzene rings is 2. The lowest BCUT2D eigenvalue weighted by Crippen LogP contribution is -2.40. The lowest BCUT2D eigenvalue weighted by atomic mass is 9.99. The largest absolute Gasteiger partial charge is 0.357 e. The number of hydrogen-bond donors (Lipinski definition) is 1. The highest BCUT2D eigenvalue weighted by atomic mass is 127. The van der Waals surface area contributed by atoms with Gasteiger partial charge in [0.1, 0.15) is 5.82 Å². The van der Waals surface area contributed by atoms with Crippen LogP contribution in [-0.4, -0.2) is 30.5 Å². The predicted molar refractivity (Wildman–Crippen MR) is 117 cm³/mol. The predicted octanol–water partition coefficient (Wildman–Crippen LogP) is 4.27. The van der Waals surface area contributed by atoms with E-state index in [1.165, 1.54) is 17.7 Å². The van der Waals surface area contributed by atoms with Gasteiger partial charge in [-0.1, -0.05) is 30.3 Å². The molecule has 2 aromatic carbocycles. The Hall–Kier alpha value is -2.14. The molecule has 0 amide bonds. The van der Waals surface area contributed by atoms with E-state index in [4.69, 9.17) is 5.26 Å². The molecule has 1 unspecified atom stereocenters. The maximum atomic E-state index is 14.0. The molecule has 0 spiro atoms. The summed E-state index contributed by atoms with van der Waals surface area (Å²) in [7, 11) is 0. The first-order chi connectivity index (χ1) is 12.7. The van der Waals surface area contributed by atoms with Crippen molar-refractivity contribution >= 4 is 29.9 Å². The number of nitrogens with zero attached hydrogens (tertiary/aromatic N) is 3. The summed E-state index contributed by atoms with van der Waals surface area (Å²) in [4.78, 5) is 6.84. The van der Waals surface area contributed by atoms with Crippen molar-refractivity contribution in [1.82, 2.24) is 10.2 Å². The van der Waals surface area contributed by atoms with Crippen LogP contribution in [0.3, 0.4) is 0 Å². The van der Waals surface area contributed by atoms with Crippen molar-refractivity contribution in [1.29, 1.82) is 5.26 Å². The minimum atomic E-state index is -0.327. The van der Waals surface area contributed by atoms with Gasteiger partial charge < -0.3 is 10.2 Å². The molecule has 0 aliphatic carbocycles. The molecule has 1 fully saturated rings. The number of halogens is 2. The van der Waals surface area contributed by atoms with E-state index in [-0.39, 0.29) is 36.3 Å². The quantitative estimate of drug-likeness (QED) is 0.406. The van der Waals surface area contributed by atoms with Gasteiger partial charge in [-0.05, 0) is 37.1 Å². The van der Waals surface area contributed by atoms with Crippen molar-refractivity contribution in [2.75, 3.05) is 19.6 Å². The fraction of sp³-hybridized carbons (Fsp3) is 0.333. The minimum absolute atomic E-state index is 0. The average Bonchev–Trinajstić information content (AvgIpc) is 3.17. The van der Waals surface area contributed by atoms with Gasteiger partial charge >= 0.3 is 0 Å². The average molecular weight is 478 g/mol. The summed E-state index contributed by atoms with van der Waals surface area (Å²) in [5, 5.41) is 12.3. The van der Waals surface area contributed by atoms with Crippen LogP contribution in [0.15, 0.2) is 53.5 Å². The molecule has 4 nitrogen and oxygen atoms in total. The highest BCUT2D eigenvalue weighted by Crippen LogP contribution is 2.27. The Kier molecular flexibility index (Phi) is 8.04. The summed E-state index contributed by atoms with van der Waals surface area (Å²) in [6, 6.07) is 16.9. The second-order valence-electron chi connectivity index (χ2n) is 6.43. The summed E-state index contributed by atoms with van der Waals surface area (Å²) in [5.41, 5.74) is 2.24. The number of nitriles is 1. The first-order valence-corrected chi connectivity index (χ1v) is 8.98. The zero-order chi connectivity index (χ0) is 18.4. The van der Waals surface area contributed by atoms with E-state index in [1.807, 2.05) is 19.1 Å². The normalized spacial score (nSPS) is 16.6. The van der Waals surface area contributed by atoms with Crippen LogP contribution in [0.25, 0.3) is 0 Å². The molecule has 1 heterocycles. The third kappa shape index (κ3) is 5.42. The summed E-state index contributed by atoms with van der Waals surface area (Å²) in [6.45, 7) is 4.82. The van der Waals surface area contributed by atoms with Gasteiger partial charge in [0.2, 0.25) is 0 Å². The van der Waals surface area contributed by atoms with E-state index >= 15 is 0 Å². The van der Waals surface area contributed by atoms with Crippen LogP contribution < -0.4 is 5.32 Å².